The standard InChI is InChI=1S/C45H82NO9P/c1-3-5-7-9-11-13-15-17-18-19-20-22-24-26-28-30-32-36-45(49)55-43(41-54-56(50,51)53-39-38-46)40-52-44(48)37-33-35-42(47)34-31-29-27-25-23-21-16-14-12-10-8-6-4-2/h17-18,21,23,27,29,31,34,42-43,47H,3-16,19-20,22,24-26,28,30,32-33,35-41,46H2,1-2H3,(H,50,51)/b18-17-,23-21+,29-27+,34-31+/t42?,43-/m1/s1. The number of unbranched alkanes of at least 4 members (excludes halogenated alkanes) is 19. The van der Waals surface area contributed by atoms with Gasteiger partial charge in [-0.1, -0.05) is 159 Å². The molecule has 3 atom stereocenters. The second-order valence-electron chi connectivity index (χ2n) is 14.8. The summed E-state index contributed by atoms with van der Waals surface area (Å²) in [5.41, 5.74) is 5.34. The van der Waals surface area contributed by atoms with Crippen molar-refractivity contribution < 1.29 is 42.7 Å². The van der Waals surface area contributed by atoms with E-state index >= 15 is 0 Å². The SMILES string of the molecule is CCCCCCCC/C=C\CCCCCCCCCC(=O)O[C@H](COC(=O)CCCC(O)/C=C/C=C/C/C=C/CCCCCCCC)COP(=O)(O)OCCN. The van der Waals surface area contributed by atoms with Crippen molar-refractivity contribution in [3.8, 4) is 0 Å². The quantitative estimate of drug-likeness (QED) is 0.0179. The molecule has 0 radical (unpaired) electrons. The van der Waals surface area contributed by atoms with Gasteiger partial charge in [0.25, 0.3) is 0 Å². The van der Waals surface area contributed by atoms with E-state index in [-0.39, 0.29) is 32.6 Å². The van der Waals surface area contributed by atoms with Crippen molar-refractivity contribution in [2.75, 3.05) is 26.4 Å². The lowest BCUT2D eigenvalue weighted by Gasteiger charge is -2.20. The Morgan fingerprint density at radius 1 is 0.625 bits per heavy atom. The summed E-state index contributed by atoms with van der Waals surface area (Å²) in [6.45, 7) is 3.50. The van der Waals surface area contributed by atoms with Crippen molar-refractivity contribution in [1.82, 2.24) is 0 Å². The zero-order valence-corrected chi connectivity index (χ0v) is 36.4. The molecule has 0 aromatic rings. The van der Waals surface area contributed by atoms with Crippen molar-refractivity contribution in [3.05, 3.63) is 48.6 Å². The van der Waals surface area contributed by atoms with Gasteiger partial charge < -0.3 is 25.2 Å². The molecule has 0 spiro atoms. The fourth-order valence-corrected chi connectivity index (χ4v) is 6.70. The Morgan fingerprint density at radius 3 is 1.71 bits per heavy atom. The second-order valence-corrected chi connectivity index (χ2v) is 16.2. The fourth-order valence-electron chi connectivity index (χ4n) is 5.93. The van der Waals surface area contributed by atoms with Gasteiger partial charge in [0.05, 0.1) is 19.3 Å². The van der Waals surface area contributed by atoms with Crippen molar-refractivity contribution in [2.45, 2.75) is 199 Å². The van der Waals surface area contributed by atoms with Gasteiger partial charge in [0, 0.05) is 19.4 Å². The molecule has 0 fully saturated rings. The van der Waals surface area contributed by atoms with Crippen molar-refractivity contribution >= 4 is 19.8 Å². The van der Waals surface area contributed by atoms with Crippen LogP contribution >= 0.6 is 7.82 Å². The number of carbonyl (C=O) groups excluding carboxylic acids is 2. The maximum absolute atomic E-state index is 12.6. The first kappa shape index (κ1) is 53.9. The van der Waals surface area contributed by atoms with Crippen LogP contribution in [0.4, 0.5) is 0 Å². The van der Waals surface area contributed by atoms with Crippen LogP contribution in [0.3, 0.4) is 0 Å². The highest BCUT2D eigenvalue weighted by atomic mass is 31.2. The molecule has 4 N–H and O–H groups in total. The number of esters is 2. The van der Waals surface area contributed by atoms with Crippen LogP contribution in [-0.4, -0.2) is 60.5 Å². The summed E-state index contributed by atoms with van der Waals surface area (Å²) in [5.74, 6) is -1.03. The molecule has 0 aromatic heterocycles. The predicted octanol–water partition coefficient (Wildman–Crippen LogP) is 11.7. The Hall–Kier alpha value is -2.07. The number of allylic oxidation sites excluding steroid dienone is 7. The van der Waals surface area contributed by atoms with E-state index in [1.54, 1.807) is 12.2 Å². The molecule has 0 aliphatic heterocycles. The molecule has 0 rings (SSSR count). The highest BCUT2D eigenvalue weighted by Gasteiger charge is 2.26. The Bertz CT molecular complexity index is 1080. The molecule has 56 heavy (non-hydrogen) atoms. The van der Waals surface area contributed by atoms with E-state index in [4.69, 9.17) is 24.3 Å². The van der Waals surface area contributed by atoms with Crippen LogP contribution in [0, 0.1) is 0 Å². The van der Waals surface area contributed by atoms with E-state index < -0.39 is 38.6 Å². The van der Waals surface area contributed by atoms with Gasteiger partial charge in [-0.2, -0.15) is 0 Å². The molecule has 0 saturated heterocycles. The van der Waals surface area contributed by atoms with Crippen LogP contribution in [0.1, 0.15) is 187 Å². The van der Waals surface area contributed by atoms with Crippen LogP contribution < -0.4 is 5.73 Å². The zero-order valence-electron chi connectivity index (χ0n) is 35.5. The van der Waals surface area contributed by atoms with Crippen molar-refractivity contribution in [2.24, 2.45) is 5.73 Å². The third kappa shape index (κ3) is 40.1. The summed E-state index contributed by atoms with van der Waals surface area (Å²) in [5, 5.41) is 10.2. The number of phosphoric ester groups is 1. The minimum absolute atomic E-state index is 0.0266. The number of aliphatic hydroxyl groups excluding tert-OH is 1. The van der Waals surface area contributed by atoms with E-state index in [9.17, 15) is 24.2 Å². The third-order valence-electron chi connectivity index (χ3n) is 9.29. The first-order chi connectivity index (χ1) is 27.2. The number of ether oxygens (including phenoxy) is 2. The third-order valence-corrected chi connectivity index (χ3v) is 10.3. The molecule has 0 aliphatic rings. The van der Waals surface area contributed by atoms with Crippen LogP contribution in [0.2, 0.25) is 0 Å². The summed E-state index contributed by atoms with van der Waals surface area (Å²) < 4.78 is 32.6. The summed E-state index contributed by atoms with van der Waals surface area (Å²) >= 11 is 0. The van der Waals surface area contributed by atoms with Gasteiger partial charge in [-0.05, 0) is 64.2 Å². The van der Waals surface area contributed by atoms with Crippen LogP contribution in [-0.2, 0) is 32.7 Å². The van der Waals surface area contributed by atoms with Gasteiger partial charge in [0.15, 0.2) is 6.10 Å². The van der Waals surface area contributed by atoms with E-state index in [2.05, 4.69) is 38.2 Å². The molecule has 10 nitrogen and oxygen atoms in total. The zero-order chi connectivity index (χ0) is 41.2. The van der Waals surface area contributed by atoms with E-state index in [1.807, 2.05) is 12.2 Å². The minimum Gasteiger partial charge on any atom is -0.462 e. The Balaban J connectivity index is 4.33. The van der Waals surface area contributed by atoms with Gasteiger partial charge in [-0.25, -0.2) is 4.57 Å². The van der Waals surface area contributed by atoms with E-state index in [0.717, 1.165) is 38.5 Å². The number of phosphoric acid groups is 1. The fraction of sp³-hybridized carbons (Fsp3) is 0.778. The molecular weight excluding hydrogens is 729 g/mol. The molecule has 0 amide bonds. The first-order valence-corrected chi connectivity index (χ1v) is 23.7. The van der Waals surface area contributed by atoms with Crippen LogP contribution in [0.25, 0.3) is 0 Å². The molecule has 326 valence electrons. The average Bonchev–Trinajstić information content (AvgIpc) is 3.18. The van der Waals surface area contributed by atoms with Crippen molar-refractivity contribution in [1.29, 1.82) is 0 Å². The molecule has 0 aromatic carbocycles. The van der Waals surface area contributed by atoms with Crippen LogP contribution in [0.5, 0.6) is 0 Å². The van der Waals surface area contributed by atoms with Crippen molar-refractivity contribution in [3.63, 3.8) is 0 Å². The Kier molecular flexibility index (Phi) is 39.6. The van der Waals surface area contributed by atoms with Gasteiger partial charge >= 0.3 is 19.8 Å². The Labute approximate surface area is 341 Å². The monoisotopic (exact) mass is 812 g/mol. The largest absolute Gasteiger partial charge is 0.472 e. The highest BCUT2D eigenvalue weighted by Crippen LogP contribution is 2.43. The lowest BCUT2D eigenvalue weighted by atomic mass is 10.1. The molecule has 0 heterocycles. The average molecular weight is 812 g/mol. The maximum atomic E-state index is 12.6. The summed E-state index contributed by atoms with van der Waals surface area (Å²) in [7, 11) is -4.42. The van der Waals surface area contributed by atoms with Crippen LogP contribution in [0.15, 0.2) is 48.6 Å². The normalized spacial score (nSPS) is 14.3. The minimum atomic E-state index is -4.42. The Morgan fingerprint density at radius 2 is 1.14 bits per heavy atom. The molecule has 11 heteroatoms. The lowest BCUT2D eigenvalue weighted by Crippen LogP contribution is -2.29. The molecule has 2 unspecified atom stereocenters. The highest BCUT2D eigenvalue weighted by molar-refractivity contribution is 7.47. The number of hydrogen-bond acceptors (Lipinski definition) is 9. The van der Waals surface area contributed by atoms with Gasteiger partial charge in [-0.3, -0.25) is 18.6 Å². The molecule has 0 saturated carbocycles. The summed E-state index contributed by atoms with van der Waals surface area (Å²) in [4.78, 5) is 34.9. The van der Waals surface area contributed by atoms with E-state index in [0.29, 0.717) is 19.3 Å². The summed E-state index contributed by atoms with van der Waals surface area (Å²) in [6.07, 6.45) is 43.1. The lowest BCUT2D eigenvalue weighted by molar-refractivity contribution is -0.161. The number of nitrogens with two attached hydrogens (primary N) is 1. The molecule has 0 aliphatic carbocycles. The topological polar surface area (TPSA) is 155 Å². The molecular formula is C45H82NO9P. The van der Waals surface area contributed by atoms with Gasteiger partial charge in [-0.15, -0.1) is 0 Å². The van der Waals surface area contributed by atoms with Gasteiger partial charge in [0.2, 0.25) is 0 Å². The number of hydrogen-bond donors (Lipinski definition) is 3. The maximum Gasteiger partial charge on any atom is 0.472 e. The second kappa shape index (κ2) is 41.1. The number of aliphatic hydroxyl groups is 1. The summed E-state index contributed by atoms with van der Waals surface area (Å²) in [6, 6.07) is 0. The number of rotatable bonds is 41. The van der Waals surface area contributed by atoms with E-state index in [1.165, 1.54) is 103 Å². The van der Waals surface area contributed by atoms with Gasteiger partial charge in [0.1, 0.15) is 6.61 Å². The molecule has 0 bridgehead atoms. The smallest absolute Gasteiger partial charge is 0.462 e. The number of carbonyl (C=O) groups is 2. The predicted molar refractivity (Wildman–Crippen MR) is 230 cm³/mol. The first-order valence-electron chi connectivity index (χ1n) is 22.2.